The van der Waals surface area contributed by atoms with Gasteiger partial charge in [0, 0.05) is 6.20 Å². The molecule has 2 heterocycles. The molecule has 0 unspecified atom stereocenters. The highest BCUT2D eigenvalue weighted by molar-refractivity contribution is 5.92. The van der Waals surface area contributed by atoms with Crippen LogP contribution in [0.2, 0.25) is 0 Å². The minimum absolute atomic E-state index is 0.0990. The third kappa shape index (κ3) is 2.67. The molecular formula is C13H13N3O3. The van der Waals surface area contributed by atoms with Gasteiger partial charge in [0.1, 0.15) is 13.2 Å². The quantitative estimate of drug-likeness (QED) is 0.872. The van der Waals surface area contributed by atoms with Crippen LogP contribution in [0.5, 0.6) is 11.5 Å². The van der Waals surface area contributed by atoms with Crippen molar-refractivity contribution in [2.45, 2.75) is 6.42 Å². The SMILES string of the molecule is O=C(Cc1ccc2c(c1)OCCO2)Nc1cn[nH]c1. The third-order valence-corrected chi connectivity index (χ3v) is 2.75. The Kier molecular flexibility index (Phi) is 3.06. The van der Waals surface area contributed by atoms with Crippen LogP contribution in [0.1, 0.15) is 5.56 Å². The minimum atomic E-state index is -0.0990. The second-order valence-corrected chi connectivity index (χ2v) is 4.19. The predicted molar refractivity (Wildman–Crippen MR) is 68.4 cm³/mol. The summed E-state index contributed by atoms with van der Waals surface area (Å²) in [5.74, 6) is 1.32. The molecule has 6 heteroatoms. The molecule has 0 spiro atoms. The van der Waals surface area contributed by atoms with Gasteiger partial charge in [-0.25, -0.2) is 0 Å². The maximum absolute atomic E-state index is 11.8. The lowest BCUT2D eigenvalue weighted by Gasteiger charge is -2.18. The Balaban J connectivity index is 1.67. The molecule has 1 aliphatic heterocycles. The molecule has 1 aromatic carbocycles. The van der Waals surface area contributed by atoms with E-state index in [-0.39, 0.29) is 12.3 Å². The number of carbonyl (C=O) groups is 1. The summed E-state index contributed by atoms with van der Waals surface area (Å²) in [6.07, 6.45) is 3.46. The summed E-state index contributed by atoms with van der Waals surface area (Å²) in [6, 6.07) is 5.53. The number of amides is 1. The van der Waals surface area contributed by atoms with Gasteiger partial charge < -0.3 is 14.8 Å². The van der Waals surface area contributed by atoms with Gasteiger partial charge in [-0.3, -0.25) is 9.89 Å². The van der Waals surface area contributed by atoms with Crippen LogP contribution in [-0.4, -0.2) is 29.3 Å². The number of anilines is 1. The number of rotatable bonds is 3. The van der Waals surface area contributed by atoms with E-state index in [0.717, 1.165) is 11.3 Å². The Labute approximate surface area is 109 Å². The van der Waals surface area contributed by atoms with Crippen molar-refractivity contribution in [1.82, 2.24) is 10.2 Å². The highest BCUT2D eigenvalue weighted by atomic mass is 16.6. The zero-order valence-electron chi connectivity index (χ0n) is 10.2. The second-order valence-electron chi connectivity index (χ2n) is 4.19. The Bertz CT molecular complexity index is 581. The van der Waals surface area contributed by atoms with E-state index in [4.69, 9.17) is 9.47 Å². The minimum Gasteiger partial charge on any atom is -0.486 e. The van der Waals surface area contributed by atoms with E-state index in [9.17, 15) is 4.79 Å². The first-order valence-electron chi connectivity index (χ1n) is 5.98. The van der Waals surface area contributed by atoms with E-state index in [1.54, 1.807) is 12.4 Å². The first-order chi connectivity index (χ1) is 9.31. The molecule has 1 aliphatic rings. The average molecular weight is 259 g/mol. The fourth-order valence-electron chi connectivity index (χ4n) is 1.91. The summed E-state index contributed by atoms with van der Waals surface area (Å²) in [5, 5.41) is 9.15. The summed E-state index contributed by atoms with van der Waals surface area (Å²) in [6.45, 7) is 1.10. The van der Waals surface area contributed by atoms with E-state index >= 15 is 0 Å². The largest absolute Gasteiger partial charge is 0.486 e. The first-order valence-corrected chi connectivity index (χ1v) is 5.98. The number of hydrogen-bond acceptors (Lipinski definition) is 4. The Morgan fingerprint density at radius 3 is 2.95 bits per heavy atom. The number of hydrogen-bond donors (Lipinski definition) is 2. The number of ether oxygens (including phenoxy) is 2. The number of benzene rings is 1. The summed E-state index contributed by atoms with van der Waals surface area (Å²) in [7, 11) is 0. The van der Waals surface area contributed by atoms with Gasteiger partial charge in [-0.1, -0.05) is 6.07 Å². The number of fused-ring (bicyclic) bond motifs is 1. The molecule has 1 amide bonds. The van der Waals surface area contributed by atoms with Gasteiger partial charge in [0.15, 0.2) is 11.5 Å². The molecule has 0 fully saturated rings. The molecule has 2 N–H and O–H groups in total. The van der Waals surface area contributed by atoms with Crippen LogP contribution in [0, 0.1) is 0 Å². The number of carbonyl (C=O) groups excluding carboxylic acids is 1. The molecule has 1 aromatic heterocycles. The van der Waals surface area contributed by atoms with Gasteiger partial charge in [0.2, 0.25) is 5.91 Å². The van der Waals surface area contributed by atoms with E-state index < -0.39 is 0 Å². The van der Waals surface area contributed by atoms with Gasteiger partial charge in [-0.15, -0.1) is 0 Å². The van der Waals surface area contributed by atoms with Crippen LogP contribution < -0.4 is 14.8 Å². The van der Waals surface area contributed by atoms with Crippen LogP contribution >= 0.6 is 0 Å². The van der Waals surface area contributed by atoms with Crippen molar-refractivity contribution in [2.24, 2.45) is 0 Å². The van der Waals surface area contributed by atoms with Gasteiger partial charge in [0.25, 0.3) is 0 Å². The maximum Gasteiger partial charge on any atom is 0.228 e. The fourth-order valence-corrected chi connectivity index (χ4v) is 1.91. The lowest BCUT2D eigenvalue weighted by atomic mass is 10.1. The molecule has 19 heavy (non-hydrogen) atoms. The fraction of sp³-hybridized carbons (Fsp3) is 0.231. The summed E-state index contributed by atoms with van der Waals surface area (Å²) >= 11 is 0. The molecule has 2 aromatic rings. The molecule has 6 nitrogen and oxygen atoms in total. The Hall–Kier alpha value is -2.50. The van der Waals surface area contributed by atoms with Crippen LogP contribution in [-0.2, 0) is 11.2 Å². The van der Waals surface area contributed by atoms with Gasteiger partial charge in [0.05, 0.1) is 18.3 Å². The zero-order chi connectivity index (χ0) is 13.1. The molecule has 0 atom stereocenters. The second kappa shape index (κ2) is 5.01. The van der Waals surface area contributed by atoms with Gasteiger partial charge in [-0.05, 0) is 17.7 Å². The van der Waals surface area contributed by atoms with E-state index in [1.807, 2.05) is 18.2 Å². The third-order valence-electron chi connectivity index (χ3n) is 2.75. The topological polar surface area (TPSA) is 76.2 Å². The smallest absolute Gasteiger partial charge is 0.228 e. The number of aromatic amines is 1. The predicted octanol–water partition coefficient (Wildman–Crippen LogP) is 1.36. The maximum atomic E-state index is 11.8. The first kappa shape index (κ1) is 11.6. The number of aromatic nitrogens is 2. The summed E-state index contributed by atoms with van der Waals surface area (Å²) < 4.78 is 10.9. The number of nitrogens with one attached hydrogen (secondary N) is 2. The number of nitrogens with zero attached hydrogens (tertiary/aromatic N) is 1. The Morgan fingerprint density at radius 1 is 1.32 bits per heavy atom. The molecule has 0 saturated carbocycles. The lowest BCUT2D eigenvalue weighted by molar-refractivity contribution is -0.115. The molecule has 0 bridgehead atoms. The monoisotopic (exact) mass is 259 g/mol. The van der Waals surface area contributed by atoms with Crippen LogP contribution in [0.25, 0.3) is 0 Å². The van der Waals surface area contributed by atoms with E-state index in [2.05, 4.69) is 15.5 Å². The molecule has 0 saturated heterocycles. The van der Waals surface area contributed by atoms with E-state index in [1.165, 1.54) is 0 Å². The number of H-pyrrole nitrogens is 1. The van der Waals surface area contributed by atoms with Crippen molar-refractivity contribution in [2.75, 3.05) is 18.5 Å². The van der Waals surface area contributed by atoms with Crippen molar-refractivity contribution < 1.29 is 14.3 Å². The van der Waals surface area contributed by atoms with Crippen molar-refractivity contribution in [1.29, 1.82) is 0 Å². The molecule has 0 aliphatic carbocycles. The van der Waals surface area contributed by atoms with Crippen molar-refractivity contribution >= 4 is 11.6 Å². The van der Waals surface area contributed by atoms with Crippen molar-refractivity contribution in [3.63, 3.8) is 0 Å². The van der Waals surface area contributed by atoms with E-state index in [0.29, 0.717) is 24.7 Å². The van der Waals surface area contributed by atoms with Gasteiger partial charge >= 0.3 is 0 Å². The van der Waals surface area contributed by atoms with Crippen LogP contribution in [0.3, 0.4) is 0 Å². The molecule has 0 radical (unpaired) electrons. The zero-order valence-corrected chi connectivity index (χ0v) is 10.2. The average Bonchev–Trinajstić information content (AvgIpc) is 2.91. The summed E-state index contributed by atoms with van der Waals surface area (Å²) in [5.41, 5.74) is 1.53. The van der Waals surface area contributed by atoms with Gasteiger partial charge in [-0.2, -0.15) is 5.10 Å². The van der Waals surface area contributed by atoms with Crippen molar-refractivity contribution in [3.05, 3.63) is 36.2 Å². The van der Waals surface area contributed by atoms with Crippen LogP contribution in [0.4, 0.5) is 5.69 Å². The lowest BCUT2D eigenvalue weighted by Crippen LogP contribution is -2.17. The van der Waals surface area contributed by atoms with Crippen molar-refractivity contribution in [3.8, 4) is 11.5 Å². The molecular weight excluding hydrogens is 246 g/mol. The standard InChI is InChI=1S/C13H13N3O3/c17-13(16-10-7-14-15-8-10)6-9-1-2-11-12(5-9)19-4-3-18-11/h1-2,5,7-8H,3-4,6H2,(H,14,15)(H,16,17). The molecule has 98 valence electrons. The normalized spacial score (nSPS) is 13.1. The molecule has 3 rings (SSSR count). The highest BCUT2D eigenvalue weighted by Gasteiger charge is 2.13. The Morgan fingerprint density at radius 2 is 2.16 bits per heavy atom. The summed E-state index contributed by atoms with van der Waals surface area (Å²) in [4.78, 5) is 11.8. The van der Waals surface area contributed by atoms with Crippen LogP contribution in [0.15, 0.2) is 30.6 Å². The highest BCUT2D eigenvalue weighted by Crippen LogP contribution is 2.30.